The Morgan fingerprint density at radius 3 is 1.00 bits per heavy atom. The molecule has 0 saturated heterocycles. The van der Waals surface area contributed by atoms with Crippen LogP contribution in [0.1, 0.15) is 0 Å². The fourth-order valence-corrected chi connectivity index (χ4v) is 7.55. The second-order valence-electron chi connectivity index (χ2n) is 14.5. The van der Waals surface area contributed by atoms with Crippen LogP contribution in [0.3, 0.4) is 0 Å². The zero-order chi connectivity index (χ0) is 45.7. The van der Waals surface area contributed by atoms with Crippen molar-refractivity contribution in [1.29, 1.82) is 0 Å². The van der Waals surface area contributed by atoms with Gasteiger partial charge in [-0.2, -0.15) is 9.97 Å². The molecule has 2 aromatic heterocycles. The van der Waals surface area contributed by atoms with Crippen molar-refractivity contribution in [3.8, 4) is 79.2 Å². The Balaban J connectivity index is 0.000000151. The van der Waals surface area contributed by atoms with Crippen molar-refractivity contribution in [2.75, 3.05) is 0 Å². The molecule has 10 rings (SSSR count). The molecule has 0 unspecified atom stereocenters. The fraction of sp³-hybridized carbons (Fsp3) is 0. The SMILES string of the molecule is Brc1ccc(-c2nc(-c3ccccc3)nc(-c3ccccc3-c3ccccc3)n2)cc1.Clc1nc(-c2ccccc2)nc(-c2ccccc2-c2ccccc2)n1.OB(O)c1ccc(Br)cc1. The molecular formula is C54H38BBr2ClN6O2. The summed E-state index contributed by atoms with van der Waals surface area (Å²) in [6, 6.07) is 71.4. The smallest absolute Gasteiger partial charge is 0.423 e. The van der Waals surface area contributed by atoms with Crippen LogP contribution in [0.15, 0.2) is 227 Å². The van der Waals surface area contributed by atoms with Gasteiger partial charge in [0.1, 0.15) is 0 Å². The molecule has 0 saturated carbocycles. The Morgan fingerprint density at radius 1 is 0.303 bits per heavy atom. The molecular weight excluding hydrogens is 971 g/mol. The first-order valence-corrected chi connectivity index (χ1v) is 22.7. The van der Waals surface area contributed by atoms with Gasteiger partial charge in [-0.15, -0.1) is 0 Å². The largest absolute Gasteiger partial charge is 0.488 e. The minimum absolute atomic E-state index is 0.187. The third-order valence-corrected chi connectivity index (χ3v) is 11.3. The Kier molecular flexibility index (Phi) is 15.4. The van der Waals surface area contributed by atoms with Crippen molar-refractivity contribution in [2.45, 2.75) is 0 Å². The zero-order valence-electron chi connectivity index (χ0n) is 35.1. The van der Waals surface area contributed by atoms with E-state index in [0.717, 1.165) is 59.0 Å². The Hall–Kier alpha value is -6.99. The van der Waals surface area contributed by atoms with Gasteiger partial charge < -0.3 is 10.0 Å². The van der Waals surface area contributed by atoms with Gasteiger partial charge in [0.2, 0.25) is 5.28 Å². The summed E-state index contributed by atoms with van der Waals surface area (Å²) in [5.41, 5.74) is 9.61. The first-order chi connectivity index (χ1) is 32.3. The lowest BCUT2D eigenvalue weighted by atomic mass is 9.81. The summed E-state index contributed by atoms with van der Waals surface area (Å²) in [5, 5.41) is 17.5. The Bertz CT molecular complexity index is 3140. The predicted molar refractivity (Wildman–Crippen MR) is 274 cm³/mol. The van der Waals surface area contributed by atoms with E-state index in [0.29, 0.717) is 34.6 Å². The number of aromatic nitrogens is 6. The number of nitrogens with zero attached hydrogens (tertiary/aromatic N) is 6. The highest BCUT2D eigenvalue weighted by atomic mass is 79.9. The van der Waals surface area contributed by atoms with Crippen molar-refractivity contribution in [3.63, 3.8) is 0 Å². The van der Waals surface area contributed by atoms with Gasteiger partial charge in [-0.3, -0.25) is 0 Å². The third kappa shape index (κ3) is 11.8. The maximum Gasteiger partial charge on any atom is 0.488 e. The lowest BCUT2D eigenvalue weighted by molar-refractivity contribution is 0.426. The molecule has 0 amide bonds. The van der Waals surface area contributed by atoms with Gasteiger partial charge in [0.05, 0.1) is 0 Å². The van der Waals surface area contributed by atoms with Crippen LogP contribution in [0.25, 0.3) is 79.2 Å². The van der Waals surface area contributed by atoms with E-state index >= 15 is 0 Å². The molecule has 8 nitrogen and oxygen atoms in total. The van der Waals surface area contributed by atoms with Gasteiger partial charge in [0.15, 0.2) is 29.1 Å². The summed E-state index contributed by atoms with van der Waals surface area (Å²) in [6.45, 7) is 0. The summed E-state index contributed by atoms with van der Waals surface area (Å²) < 4.78 is 1.94. The van der Waals surface area contributed by atoms with Crippen LogP contribution in [0, 0.1) is 0 Å². The van der Waals surface area contributed by atoms with E-state index in [4.69, 9.17) is 36.6 Å². The van der Waals surface area contributed by atoms with E-state index in [1.807, 2.05) is 152 Å². The van der Waals surface area contributed by atoms with E-state index in [9.17, 15) is 0 Å². The van der Waals surface area contributed by atoms with Crippen molar-refractivity contribution >= 4 is 56.0 Å². The van der Waals surface area contributed by atoms with E-state index in [-0.39, 0.29) is 5.28 Å². The lowest BCUT2D eigenvalue weighted by Gasteiger charge is -2.12. The van der Waals surface area contributed by atoms with Crippen LogP contribution >= 0.6 is 43.5 Å². The summed E-state index contributed by atoms with van der Waals surface area (Å²) in [6.07, 6.45) is 0. The van der Waals surface area contributed by atoms with Crippen LogP contribution in [0.5, 0.6) is 0 Å². The van der Waals surface area contributed by atoms with Gasteiger partial charge in [-0.1, -0.05) is 226 Å². The molecule has 320 valence electrons. The third-order valence-electron chi connectivity index (χ3n) is 10.1. The number of hydrogen-bond donors (Lipinski definition) is 2. The summed E-state index contributed by atoms with van der Waals surface area (Å²) in [4.78, 5) is 27.8. The maximum absolute atomic E-state index is 8.65. The van der Waals surface area contributed by atoms with E-state index in [1.165, 1.54) is 0 Å². The number of halogens is 3. The number of hydrogen-bond acceptors (Lipinski definition) is 8. The number of benzene rings is 8. The second-order valence-corrected chi connectivity index (χ2v) is 16.7. The van der Waals surface area contributed by atoms with Gasteiger partial charge in [-0.05, 0) is 63.6 Å². The van der Waals surface area contributed by atoms with Crippen molar-refractivity contribution < 1.29 is 10.0 Å². The highest BCUT2D eigenvalue weighted by molar-refractivity contribution is 9.10. The van der Waals surface area contributed by atoms with Crippen LogP contribution in [0.4, 0.5) is 0 Å². The Labute approximate surface area is 405 Å². The van der Waals surface area contributed by atoms with Crippen LogP contribution in [-0.2, 0) is 0 Å². The first kappa shape index (κ1) is 45.6. The van der Waals surface area contributed by atoms with Gasteiger partial charge in [-0.25, -0.2) is 19.9 Å². The molecule has 0 aliphatic heterocycles. The molecule has 66 heavy (non-hydrogen) atoms. The average molecular weight is 1010 g/mol. The van der Waals surface area contributed by atoms with Crippen LogP contribution in [-0.4, -0.2) is 47.1 Å². The second kappa shape index (κ2) is 22.3. The van der Waals surface area contributed by atoms with Gasteiger partial charge in [0.25, 0.3) is 0 Å². The van der Waals surface area contributed by atoms with Crippen LogP contribution in [0.2, 0.25) is 5.28 Å². The normalized spacial score (nSPS) is 10.5. The Morgan fingerprint density at radius 2 is 0.591 bits per heavy atom. The maximum atomic E-state index is 8.65. The fourth-order valence-electron chi connectivity index (χ4n) is 6.86. The van der Waals surface area contributed by atoms with E-state index in [1.54, 1.807) is 24.3 Å². The van der Waals surface area contributed by atoms with Crippen molar-refractivity contribution in [1.82, 2.24) is 29.9 Å². The molecule has 0 bridgehead atoms. The molecule has 2 heterocycles. The van der Waals surface area contributed by atoms with Crippen molar-refractivity contribution in [2.24, 2.45) is 0 Å². The molecule has 0 spiro atoms. The standard InChI is InChI=1S/C27H18BrN3.C21H14ClN3.C6H6BBrO2/c28-22-17-15-21(16-18-22)26-29-25(20-11-5-2-6-12-20)30-27(31-26)24-14-8-7-13-23(24)19-9-3-1-4-10-19;22-21-24-19(16-11-5-2-6-12-16)23-20(25-21)18-14-8-7-13-17(18)15-9-3-1-4-10-15;8-6-3-1-5(2-4-6)7(9)10/h1-18H;1-14H;1-4,9-10H. The van der Waals surface area contributed by atoms with E-state index < -0.39 is 7.12 Å². The molecule has 0 aliphatic rings. The minimum Gasteiger partial charge on any atom is -0.423 e. The van der Waals surface area contributed by atoms with Gasteiger partial charge in [0, 0.05) is 36.8 Å². The highest BCUT2D eigenvalue weighted by Crippen LogP contribution is 2.34. The molecule has 10 aromatic rings. The molecule has 0 radical (unpaired) electrons. The number of rotatable bonds is 8. The molecule has 8 aromatic carbocycles. The summed E-state index contributed by atoms with van der Waals surface area (Å²) in [5.74, 6) is 3.11. The summed E-state index contributed by atoms with van der Waals surface area (Å²) >= 11 is 12.9. The minimum atomic E-state index is -1.37. The van der Waals surface area contributed by atoms with Gasteiger partial charge >= 0.3 is 7.12 Å². The predicted octanol–water partition coefficient (Wildman–Crippen LogP) is 13.0. The molecule has 0 aliphatic carbocycles. The molecule has 0 atom stereocenters. The van der Waals surface area contributed by atoms with Crippen molar-refractivity contribution in [3.05, 3.63) is 233 Å². The molecule has 0 fully saturated rings. The lowest BCUT2D eigenvalue weighted by Crippen LogP contribution is -2.29. The molecule has 2 N–H and O–H groups in total. The molecule has 12 heteroatoms. The monoisotopic (exact) mass is 1010 g/mol. The summed E-state index contributed by atoms with van der Waals surface area (Å²) in [7, 11) is -1.37. The zero-order valence-corrected chi connectivity index (χ0v) is 39.0. The van der Waals surface area contributed by atoms with E-state index in [2.05, 4.69) is 89.3 Å². The topological polar surface area (TPSA) is 118 Å². The first-order valence-electron chi connectivity index (χ1n) is 20.7. The quantitative estimate of drug-likeness (QED) is 0.145. The average Bonchev–Trinajstić information content (AvgIpc) is 3.38. The van der Waals surface area contributed by atoms with Crippen LogP contribution < -0.4 is 5.46 Å². The highest BCUT2D eigenvalue weighted by Gasteiger charge is 2.16.